The molecular formula is C16H12ClN3O4S. The van der Waals surface area contributed by atoms with Crippen LogP contribution in [0.15, 0.2) is 53.4 Å². The molecule has 0 saturated heterocycles. The quantitative estimate of drug-likeness (QED) is 0.643. The highest BCUT2D eigenvalue weighted by atomic mass is 35.5. The number of aromatic amines is 1. The molecule has 0 fully saturated rings. The maximum absolute atomic E-state index is 12.7. The lowest BCUT2D eigenvalue weighted by atomic mass is 10.2. The first kappa shape index (κ1) is 17.0. The third-order valence-electron chi connectivity index (χ3n) is 3.49. The van der Waals surface area contributed by atoms with Crippen LogP contribution < -0.4 is 10.5 Å². The summed E-state index contributed by atoms with van der Waals surface area (Å²) in [6.45, 7) is 0. The van der Waals surface area contributed by atoms with Gasteiger partial charge in [0, 0.05) is 21.5 Å². The van der Waals surface area contributed by atoms with Crippen molar-refractivity contribution >= 4 is 44.3 Å². The van der Waals surface area contributed by atoms with E-state index in [-0.39, 0.29) is 21.7 Å². The van der Waals surface area contributed by atoms with Crippen molar-refractivity contribution in [3.05, 3.63) is 64.8 Å². The molecule has 2 aromatic carbocycles. The maximum atomic E-state index is 12.7. The summed E-state index contributed by atoms with van der Waals surface area (Å²) in [5, 5.41) is 0.433. The number of rotatable bonds is 4. The lowest BCUT2D eigenvalue weighted by Crippen LogP contribution is -2.32. The molecule has 0 saturated carbocycles. The summed E-state index contributed by atoms with van der Waals surface area (Å²) >= 11 is 5.92. The van der Waals surface area contributed by atoms with E-state index in [0.29, 0.717) is 5.52 Å². The summed E-state index contributed by atoms with van der Waals surface area (Å²) in [5.41, 5.74) is 5.46. The second kappa shape index (κ2) is 6.23. The number of sulfonamides is 1. The maximum Gasteiger partial charge on any atom is 0.267 e. The van der Waals surface area contributed by atoms with Gasteiger partial charge in [0.2, 0.25) is 0 Å². The lowest BCUT2D eigenvalue weighted by Gasteiger charge is -2.07. The molecule has 1 aromatic heterocycles. The molecule has 0 aliphatic carbocycles. The van der Waals surface area contributed by atoms with E-state index >= 15 is 0 Å². The number of hydrogen-bond donors (Lipinski definition) is 3. The highest BCUT2D eigenvalue weighted by Gasteiger charge is 2.29. The summed E-state index contributed by atoms with van der Waals surface area (Å²) in [7, 11) is -4.37. The number of carbonyl (C=O) groups excluding carboxylic acids is 2. The number of benzene rings is 2. The Morgan fingerprint density at radius 3 is 2.40 bits per heavy atom. The van der Waals surface area contributed by atoms with Crippen LogP contribution in [0, 0.1) is 0 Å². The largest absolute Gasteiger partial charge is 0.364 e. The van der Waals surface area contributed by atoms with Crippen molar-refractivity contribution in [3.8, 4) is 0 Å². The van der Waals surface area contributed by atoms with E-state index in [1.807, 2.05) is 4.72 Å². The van der Waals surface area contributed by atoms with Crippen LogP contribution in [0.5, 0.6) is 0 Å². The van der Waals surface area contributed by atoms with Crippen LogP contribution in [0.25, 0.3) is 10.9 Å². The van der Waals surface area contributed by atoms with E-state index in [9.17, 15) is 18.0 Å². The van der Waals surface area contributed by atoms with Crippen LogP contribution in [-0.2, 0) is 10.0 Å². The number of halogens is 1. The highest BCUT2D eigenvalue weighted by Crippen LogP contribution is 2.29. The molecule has 7 nitrogen and oxygen atoms in total. The van der Waals surface area contributed by atoms with Gasteiger partial charge in [-0.15, -0.1) is 0 Å². The van der Waals surface area contributed by atoms with E-state index in [1.165, 1.54) is 30.3 Å². The molecule has 4 N–H and O–H groups in total. The minimum Gasteiger partial charge on any atom is -0.364 e. The van der Waals surface area contributed by atoms with E-state index in [1.54, 1.807) is 18.2 Å². The van der Waals surface area contributed by atoms with Gasteiger partial charge in [-0.25, -0.2) is 13.1 Å². The summed E-state index contributed by atoms with van der Waals surface area (Å²) in [5.74, 6) is -1.80. The predicted molar refractivity (Wildman–Crippen MR) is 92.9 cm³/mol. The van der Waals surface area contributed by atoms with Gasteiger partial charge in [-0.2, -0.15) is 0 Å². The van der Waals surface area contributed by atoms with E-state index in [4.69, 9.17) is 17.3 Å². The van der Waals surface area contributed by atoms with Gasteiger partial charge < -0.3 is 10.7 Å². The Kier molecular flexibility index (Phi) is 4.23. The highest BCUT2D eigenvalue weighted by molar-refractivity contribution is 7.90. The average Bonchev–Trinajstić information content (AvgIpc) is 2.95. The first-order valence-corrected chi connectivity index (χ1v) is 8.89. The topological polar surface area (TPSA) is 122 Å². The van der Waals surface area contributed by atoms with Gasteiger partial charge in [0.15, 0.2) is 0 Å². The number of carbonyl (C=O) groups is 2. The molecule has 0 atom stereocenters. The minimum atomic E-state index is -4.37. The zero-order chi connectivity index (χ0) is 18.2. The fourth-order valence-corrected chi connectivity index (χ4v) is 3.93. The molecule has 0 bridgehead atoms. The normalized spacial score (nSPS) is 11.4. The molecule has 0 aliphatic rings. The fourth-order valence-electron chi connectivity index (χ4n) is 2.41. The summed E-state index contributed by atoms with van der Waals surface area (Å²) in [6.07, 6.45) is 0. The number of aromatic nitrogens is 1. The van der Waals surface area contributed by atoms with Crippen molar-refractivity contribution in [1.29, 1.82) is 0 Å². The molecule has 0 spiro atoms. The summed E-state index contributed by atoms with van der Waals surface area (Å²) in [4.78, 5) is 26.1. The molecule has 3 rings (SSSR count). The lowest BCUT2D eigenvalue weighted by molar-refractivity contribution is 0.0974. The van der Waals surface area contributed by atoms with Gasteiger partial charge in [0.25, 0.3) is 21.8 Å². The Labute approximate surface area is 147 Å². The zero-order valence-electron chi connectivity index (χ0n) is 12.6. The van der Waals surface area contributed by atoms with Gasteiger partial charge in [-0.1, -0.05) is 29.8 Å². The van der Waals surface area contributed by atoms with Gasteiger partial charge in [-0.3, -0.25) is 9.59 Å². The Morgan fingerprint density at radius 2 is 1.76 bits per heavy atom. The third-order valence-corrected chi connectivity index (χ3v) is 5.14. The molecule has 2 amide bonds. The van der Waals surface area contributed by atoms with Crippen molar-refractivity contribution < 1.29 is 18.0 Å². The number of primary amides is 1. The molecule has 0 radical (unpaired) electrons. The second-order valence-electron chi connectivity index (χ2n) is 5.18. The van der Waals surface area contributed by atoms with Crippen LogP contribution in [0.3, 0.4) is 0 Å². The fraction of sp³-hybridized carbons (Fsp3) is 0. The third kappa shape index (κ3) is 3.21. The van der Waals surface area contributed by atoms with Crippen molar-refractivity contribution in [2.24, 2.45) is 5.73 Å². The Balaban J connectivity index is 2.13. The number of hydrogen-bond acceptors (Lipinski definition) is 4. The van der Waals surface area contributed by atoms with Crippen LogP contribution in [0.1, 0.15) is 20.8 Å². The van der Waals surface area contributed by atoms with Crippen molar-refractivity contribution in [2.45, 2.75) is 4.90 Å². The molecule has 0 aliphatic heterocycles. The van der Waals surface area contributed by atoms with Crippen LogP contribution >= 0.6 is 11.6 Å². The number of fused-ring (bicyclic) bond motifs is 1. The Bertz CT molecular complexity index is 1090. The molecule has 1 heterocycles. The number of H-pyrrole nitrogens is 1. The molecule has 0 unspecified atom stereocenters. The van der Waals surface area contributed by atoms with Crippen LogP contribution in [0.2, 0.25) is 5.02 Å². The van der Waals surface area contributed by atoms with E-state index in [2.05, 4.69) is 4.98 Å². The SMILES string of the molecule is NC(=O)c1[nH]c2ccc(Cl)cc2c1S(=O)(=O)NC(=O)c1ccccc1. The predicted octanol–water partition coefficient (Wildman–Crippen LogP) is 2.04. The second-order valence-corrected chi connectivity index (χ2v) is 7.24. The van der Waals surface area contributed by atoms with E-state index in [0.717, 1.165) is 0 Å². The Morgan fingerprint density at radius 1 is 1.08 bits per heavy atom. The van der Waals surface area contributed by atoms with Crippen molar-refractivity contribution in [3.63, 3.8) is 0 Å². The molecular weight excluding hydrogens is 366 g/mol. The minimum absolute atomic E-state index is 0.157. The monoisotopic (exact) mass is 377 g/mol. The molecule has 25 heavy (non-hydrogen) atoms. The smallest absolute Gasteiger partial charge is 0.267 e. The van der Waals surface area contributed by atoms with Gasteiger partial charge in [0.05, 0.1) is 0 Å². The van der Waals surface area contributed by atoms with Gasteiger partial charge in [0.1, 0.15) is 10.6 Å². The van der Waals surface area contributed by atoms with E-state index < -0.39 is 26.7 Å². The average molecular weight is 378 g/mol. The molecule has 128 valence electrons. The van der Waals surface area contributed by atoms with Crippen molar-refractivity contribution in [1.82, 2.24) is 9.71 Å². The first-order chi connectivity index (χ1) is 11.8. The van der Waals surface area contributed by atoms with Crippen molar-refractivity contribution in [2.75, 3.05) is 0 Å². The first-order valence-electron chi connectivity index (χ1n) is 7.03. The number of nitrogens with one attached hydrogen (secondary N) is 2. The molecule has 9 heteroatoms. The Hall–Kier alpha value is -2.84. The van der Waals surface area contributed by atoms with Gasteiger partial charge in [-0.05, 0) is 30.3 Å². The summed E-state index contributed by atoms with van der Waals surface area (Å²) in [6, 6.07) is 12.2. The van der Waals surface area contributed by atoms with Crippen LogP contribution in [0.4, 0.5) is 0 Å². The standard InChI is InChI=1S/C16H12ClN3O4S/c17-10-6-7-12-11(8-10)14(13(19-12)15(18)21)25(23,24)20-16(22)9-4-2-1-3-5-9/h1-8,19H,(H2,18,21)(H,20,22). The van der Waals surface area contributed by atoms with Crippen LogP contribution in [-0.4, -0.2) is 25.2 Å². The zero-order valence-corrected chi connectivity index (χ0v) is 14.2. The summed E-state index contributed by atoms with van der Waals surface area (Å²) < 4.78 is 27.4. The number of nitrogens with two attached hydrogens (primary N) is 1. The van der Waals surface area contributed by atoms with Gasteiger partial charge >= 0.3 is 0 Å². The molecule has 3 aromatic rings. The number of amides is 2.